The Bertz CT molecular complexity index is 467. The Hall–Kier alpha value is -0.940. The maximum atomic E-state index is 12.9. The molecule has 0 aliphatic carbocycles. The summed E-state index contributed by atoms with van der Waals surface area (Å²) >= 11 is 0. The van der Waals surface area contributed by atoms with Crippen LogP contribution in [0.4, 0.5) is 4.39 Å². The van der Waals surface area contributed by atoms with Gasteiger partial charge in [-0.05, 0) is 37.6 Å². The summed E-state index contributed by atoms with van der Waals surface area (Å²) in [5, 5.41) is 3.12. The van der Waals surface area contributed by atoms with Crippen LogP contribution in [-0.2, 0) is 9.84 Å². The topological polar surface area (TPSA) is 46.2 Å². The fourth-order valence-electron chi connectivity index (χ4n) is 1.92. The molecule has 0 spiro atoms. The van der Waals surface area contributed by atoms with Gasteiger partial charge in [-0.15, -0.1) is 0 Å². The molecule has 0 saturated carbocycles. The number of nitrogens with one attached hydrogen (secondary N) is 1. The second kappa shape index (κ2) is 4.51. The molecule has 1 aliphatic heterocycles. The summed E-state index contributed by atoms with van der Waals surface area (Å²) in [5.74, 6) is -0.461. The molecule has 88 valence electrons. The molecule has 16 heavy (non-hydrogen) atoms. The summed E-state index contributed by atoms with van der Waals surface area (Å²) in [6, 6.07) is 5.18. The van der Waals surface area contributed by atoms with Crippen molar-refractivity contribution in [1.29, 1.82) is 0 Å². The minimum absolute atomic E-state index is 0.00765. The van der Waals surface area contributed by atoms with Gasteiger partial charge in [0.15, 0.2) is 9.84 Å². The Labute approximate surface area is 94.6 Å². The molecule has 1 unspecified atom stereocenters. The van der Waals surface area contributed by atoms with Crippen LogP contribution in [0.1, 0.15) is 12.8 Å². The van der Waals surface area contributed by atoms with Crippen LogP contribution in [0.5, 0.6) is 0 Å². The van der Waals surface area contributed by atoms with E-state index in [2.05, 4.69) is 5.32 Å². The van der Waals surface area contributed by atoms with Gasteiger partial charge in [0.05, 0.1) is 10.6 Å². The van der Waals surface area contributed by atoms with Crippen molar-refractivity contribution in [2.75, 3.05) is 12.3 Å². The van der Waals surface area contributed by atoms with Crippen molar-refractivity contribution in [3.05, 3.63) is 30.1 Å². The van der Waals surface area contributed by atoms with Crippen molar-refractivity contribution in [2.24, 2.45) is 0 Å². The molecule has 2 rings (SSSR count). The Kier molecular flexibility index (Phi) is 3.25. The number of rotatable bonds is 3. The molecule has 5 heteroatoms. The van der Waals surface area contributed by atoms with Crippen molar-refractivity contribution in [1.82, 2.24) is 5.32 Å². The zero-order chi connectivity index (χ0) is 11.6. The van der Waals surface area contributed by atoms with Gasteiger partial charge in [-0.2, -0.15) is 0 Å². The SMILES string of the molecule is O=S(=O)(CC1CCCN1)c1cccc(F)c1. The lowest BCUT2D eigenvalue weighted by Crippen LogP contribution is -2.29. The molecule has 1 saturated heterocycles. The summed E-state index contributed by atoms with van der Waals surface area (Å²) in [4.78, 5) is 0.0706. The molecule has 0 amide bonds. The number of hydrogen-bond acceptors (Lipinski definition) is 3. The second-order valence-corrected chi connectivity index (χ2v) is 6.07. The summed E-state index contributed by atoms with van der Waals surface area (Å²) in [5.41, 5.74) is 0. The highest BCUT2D eigenvalue weighted by atomic mass is 32.2. The highest BCUT2D eigenvalue weighted by Gasteiger charge is 2.23. The third kappa shape index (κ3) is 2.59. The normalized spacial score (nSPS) is 21.2. The Morgan fingerprint density at radius 1 is 1.44 bits per heavy atom. The standard InChI is InChI=1S/C11H14FNO2S/c12-9-3-1-5-11(7-9)16(14,15)8-10-4-2-6-13-10/h1,3,5,7,10,13H,2,4,6,8H2. The van der Waals surface area contributed by atoms with Crippen molar-refractivity contribution in [2.45, 2.75) is 23.8 Å². The molecule has 1 aliphatic rings. The minimum Gasteiger partial charge on any atom is -0.313 e. The van der Waals surface area contributed by atoms with Crippen LogP contribution in [0.2, 0.25) is 0 Å². The van der Waals surface area contributed by atoms with E-state index < -0.39 is 15.7 Å². The van der Waals surface area contributed by atoms with Crippen molar-refractivity contribution >= 4 is 9.84 Å². The fraction of sp³-hybridized carbons (Fsp3) is 0.455. The van der Waals surface area contributed by atoms with Crippen LogP contribution >= 0.6 is 0 Å². The largest absolute Gasteiger partial charge is 0.313 e. The van der Waals surface area contributed by atoms with E-state index in [-0.39, 0.29) is 16.7 Å². The van der Waals surface area contributed by atoms with Gasteiger partial charge in [-0.25, -0.2) is 12.8 Å². The summed E-state index contributed by atoms with van der Waals surface area (Å²) < 4.78 is 36.8. The van der Waals surface area contributed by atoms with Crippen LogP contribution < -0.4 is 5.32 Å². The smallest absolute Gasteiger partial charge is 0.180 e. The van der Waals surface area contributed by atoms with Gasteiger partial charge in [0.25, 0.3) is 0 Å². The quantitative estimate of drug-likeness (QED) is 0.871. The highest BCUT2D eigenvalue weighted by Crippen LogP contribution is 2.16. The third-order valence-corrected chi connectivity index (χ3v) is 4.55. The van der Waals surface area contributed by atoms with E-state index in [9.17, 15) is 12.8 Å². The predicted octanol–water partition coefficient (Wildman–Crippen LogP) is 1.35. The molecule has 0 aromatic heterocycles. The maximum Gasteiger partial charge on any atom is 0.180 e. The average Bonchev–Trinajstić information content (AvgIpc) is 2.70. The molecule has 0 radical (unpaired) electrons. The van der Waals surface area contributed by atoms with Crippen molar-refractivity contribution in [3.8, 4) is 0 Å². The molecule has 0 bridgehead atoms. The van der Waals surface area contributed by atoms with Crippen LogP contribution in [0.25, 0.3) is 0 Å². The van der Waals surface area contributed by atoms with E-state index in [1.165, 1.54) is 18.2 Å². The van der Waals surface area contributed by atoms with Crippen molar-refractivity contribution < 1.29 is 12.8 Å². The van der Waals surface area contributed by atoms with Gasteiger partial charge in [0.1, 0.15) is 5.82 Å². The van der Waals surface area contributed by atoms with Crippen LogP contribution in [0.15, 0.2) is 29.2 Å². The van der Waals surface area contributed by atoms with Crippen LogP contribution in [0.3, 0.4) is 0 Å². The monoisotopic (exact) mass is 243 g/mol. The second-order valence-electron chi connectivity index (χ2n) is 4.03. The van der Waals surface area contributed by atoms with Crippen LogP contribution in [0, 0.1) is 5.82 Å². The Morgan fingerprint density at radius 3 is 2.88 bits per heavy atom. The van der Waals surface area contributed by atoms with Crippen molar-refractivity contribution in [3.63, 3.8) is 0 Å². The van der Waals surface area contributed by atoms with E-state index >= 15 is 0 Å². The highest BCUT2D eigenvalue weighted by molar-refractivity contribution is 7.91. The van der Waals surface area contributed by atoms with Gasteiger partial charge in [0.2, 0.25) is 0 Å². The number of benzene rings is 1. The van der Waals surface area contributed by atoms with E-state index in [0.717, 1.165) is 25.5 Å². The molecule has 1 aromatic carbocycles. The van der Waals surface area contributed by atoms with Gasteiger partial charge in [-0.1, -0.05) is 6.07 Å². The minimum atomic E-state index is -3.37. The fourth-order valence-corrected chi connectivity index (χ4v) is 3.51. The first kappa shape index (κ1) is 11.5. The van der Waals surface area contributed by atoms with Gasteiger partial charge in [0, 0.05) is 6.04 Å². The molecule has 1 fully saturated rings. The predicted molar refractivity (Wildman–Crippen MR) is 59.5 cm³/mol. The Balaban J connectivity index is 2.18. The van der Waals surface area contributed by atoms with E-state index in [1.807, 2.05) is 0 Å². The lowest BCUT2D eigenvalue weighted by atomic mass is 10.3. The maximum absolute atomic E-state index is 12.9. The van der Waals surface area contributed by atoms with Gasteiger partial charge < -0.3 is 5.32 Å². The molecular weight excluding hydrogens is 229 g/mol. The third-order valence-electron chi connectivity index (χ3n) is 2.74. The summed E-state index contributed by atoms with van der Waals surface area (Å²) in [6.07, 6.45) is 1.87. The Morgan fingerprint density at radius 2 is 2.25 bits per heavy atom. The first-order chi connectivity index (χ1) is 7.58. The first-order valence-corrected chi connectivity index (χ1v) is 6.95. The lowest BCUT2D eigenvalue weighted by Gasteiger charge is -2.10. The molecule has 1 atom stereocenters. The van der Waals surface area contributed by atoms with Crippen LogP contribution in [-0.4, -0.2) is 26.8 Å². The molecular formula is C11H14FNO2S. The zero-order valence-electron chi connectivity index (χ0n) is 8.82. The molecule has 1 heterocycles. The van der Waals surface area contributed by atoms with Gasteiger partial charge >= 0.3 is 0 Å². The first-order valence-electron chi connectivity index (χ1n) is 5.30. The zero-order valence-corrected chi connectivity index (χ0v) is 9.63. The van der Waals surface area contributed by atoms with E-state index in [0.29, 0.717) is 0 Å². The summed E-state index contributed by atoms with van der Waals surface area (Å²) in [7, 11) is -3.37. The van der Waals surface area contributed by atoms with E-state index in [4.69, 9.17) is 0 Å². The number of hydrogen-bond donors (Lipinski definition) is 1. The van der Waals surface area contributed by atoms with E-state index in [1.54, 1.807) is 0 Å². The molecule has 3 nitrogen and oxygen atoms in total. The summed E-state index contributed by atoms with van der Waals surface area (Å²) in [6.45, 7) is 0.864. The van der Waals surface area contributed by atoms with Gasteiger partial charge in [-0.3, -0.25) is 0 Å². The average molecular weight is 243 g/mol. The molecule has 1 aromatic rings. The lowest BCUT2D eigenvalue weighted by molar-refractivity contribution is 0.574. The molecule has 1 N–H and O–H groups in total. The number of sulfone groups is 1. The number of halogens is 1.